The van der Waals surface area contributed by atoms with Gasteiger partial charge in [0.1, 0.15) is 44.1 Å². The molecule has 73 heavy (non-hydrogen) atoms. The summed E-state index contributed by atoms with van der Waals surface area (Å²) in [5, 5.41) is 10.2. The molecule has 2 atom stereocenters. The summed E-state index contributed by atoms with van der Waals surface area (Å²) >= 11 is 25.1. The van der Waals surface area contributed by atoms with Crippen LogP contribution in [-0.4, -0.2) is 125 Å². The fourth-order valence-electron chi connectivity index (χ4n) is 6.50. The number of amides is 2. The third-order valence-electron chi connectivity index (χ3n) is 9.65. The Morgan fingerprint density at radius 1 is 1.05 bits per heavy atom. The molecule has 3 aromatic carbocycles. The number of hydrogen-bond donors (Lipinski definition) is 3. The second-order valence-corrected chi connectivity index (χ2v) is 23.5. The zero-order valence-electron chi connectivity index (χ0n) is 41.6. The minimum atomic E-state index is -4.35. The fraction of sp³-hybridized carbons (Fsp3) is 0.478. The molecule has 2 unspecified atom stereocenters. The van der Waals surface area contributed by atoms with Gasteiger partial charge >= 0.3 is 16.8 Å². The molecule has 18 nitrogen and oxygen atoms in total. The number of carbonyl (C=O) groups is 4. The zero-order chi connectivity index (χ0) is 55.0. The largest absolute Gasteiger partial charge is 0.778 e. The van der Waals surface area contributed by atoms with E-state index in [1.54, 1.807) is 26.3 Å². The maximum Gasteiger partial charge on any atom is 0.325 e. The number of aromatic nitrogens is 2. The first-order chi connectivity index (χ1) is 34.4. The fourth-order valence-corrected chi connectivity index (χ4v) is 9.24. The van der Waals surface area contributed by atoms with Gasteiger partial charge in [-0.1, -0.05) is 79.0 Å². The van der Waals surface area contributed by atoms with Crippen LogP contribution >= 0.6 is 77.1 Å². The van der Waals surface area contributed by atoms with Gasteiger partial charge in [-0.05, 0) is 90.2 Å². The molecule has 0 aliphatic carbocycles. The van der Waals surface area contributed by atoms with E-state index >= 15 is 0 Å². The van der Waals surface area contributed by atoms with E-state index in [0.29, 0.717) is 46.0 Å². The molecule has 0 fully saturated rings. The molecule has 0 saturated heterocycles. The summed E-state index contributed by atoms with van der Waals surface area (Å²) in [6.07, 6.45) is 9.52. The molecule has 1 aromatic heterocycles. The number of esters is 1. The Labute approximate surface area is 455 Å². The maximum atomic E-state index is 14.3. The summed E-state index contributed by atoms with van der Waals surface area (Å²) in [4.78, 5) is 82.3. The average Bonchev–Trinajstić information content (AvgIpc) is 3.66. The molecule has 0 saturated carbocycles. The number of carbonyl (C=O) groups excluding carboxylic acids is 3. The Hall–Kier alpha value is -3.64. The van der Waals surface area contributed by atoms with Gasteiger partial charge in [-0.15, -0.1) is 23.4 Å². The Kier molecular flexibility index (Phi) is 30.0. The van der Waals surface area contributed by atoms with Crippen LogP contribution in [-0.2, 0) is 70.0 Å². The number of anilines is 2. The van der Waals surface area contributed by atoms with Crippen molar-refractivity contribution in [3.05, 3.63) is 91.0 Å². The van der Waals surface area contributed by atoms with Gasteiger partial charge in [0, 0.05) is 25.1 Å². The van der Waals surface area contributed by atoms with Crippen molar-refractivity contribution in [3.63, 3.8) is 0 Å². The van der Waals surface area contributed by atoms with E-state index in [9.17, 15) is 37.8 Å². The minimum absolute atomic E-state index is 0.0371. The number of nitrogens with zero attached hydrogens (tertiary/aromatic N) is 5. The van der Waals surface area contributed by atoms with Crippen molar-refractivity contribution in [3.8, 4) is 5.75 Å². The highest BCUT2D eigenvalue weighted by Crippen LogP contribution is 2.35. The van der Waals surface area contributed by atoms with E-state index in [-0.39, 0.29) is 51.8 Å². The monoisotopic (exact) mass is 1180 g/mol. The topological polar surface area (TPSA) is 234 Å². The van der Waals surface area contributed by atoms with Gasteiger partial charge in [0.15, 0.2) is 4.84 Å². The molecule has 6 rings (SSSR count). The van der Waals surface area contributed by atoms with E-state index in [2.05, 4.69) is 42.3 Å². The summed E-state index contributed by atoms with van der Waals surface area (Å²) < 4.78 is 42.8. The molecule has 2 amide bonds. The highest BCUT2D eigenvalue weighted by molar-refractivity contribution is 8.00. The number of benzene rings is 3. The van der Waals surface area contributed by atoms with Crippen molar-refractivity contribution in [2.45, 2.75) is 75.3 Å². The lowest BCUT2D eigenvalue weighted by atomic mass is 10.0. The van der Waals surface area contributed by atoms with Crippen molar-refractivity contribution in [2.75, 3.05) is 80.6 Å². The van der Waals surface area contributed by atoms with E-state index in [1.165, 1.54) is 13.2 Å². The smallest absolute Gasteiger partial charge is 0.325 e. The molecule has 0 bridgehead atoms. The van der Waals surface area contributed by atoms with Gasteiger partial charge in [0.05, 0.1) is 66.9 Å². The molecule has 2 aliphatic rings. The van der Waals surface area contributed by atoms with Crippen molar-refractivity contribution in [1.82, 2.24) is 14.7 Å². The zero-order valence-corrected chi connectivity index (χ0v) is 48.0. The number of alkyl halides is 3. The number of thioether (sulfide) groups is 1. The lowest BCUT2D eigenvalue weighted by Gasteiger charge is -2.35. The number of ether oxygens (including phenoxy) is 3. The lowest BCUT2D eigenvalue weighted by molar-refractivity contribution is -0.193. The van der Waals surface area contributed by atoms with Crippen molar-refractivity contribution in [2.24, 2.45) is 4.99 Å². The van der Waals surface area contributed by atoms with Gasteiger partial charge in [0.25, 0.3) is 5.91 Å². The Balaban J connectivity index is 0.000000339. The summed E-state index contributed by atoms with van der Waals surface area (Å²) in [5.41, 5.74) is 4.04. The number of aryl methyl sites for hydroxylation is 2. The molecular weight excluding hydrogens is 1120 g/mol. The van der Waals surface area contributed by atoms with E-state index in [4.69, 9.17) is 65.9 Å². The molecule has 2 aliphatic heterocycles. The Morgan fingerprint density at radius 3 is 2.19 bits per heavy atom. The summed E-state index contributed by atoms with van der Waals surface area (Å²) in [5.74, 6) is -1.89. The Morgan fingerprint density at radius 2 is 1.66 bits per heavy atom. The third kappa shape index (κ3) is 22.2. The van der Waals surface area contributed by atoms with Crippen LogP contribution in [0.2, 0.25) is 5.02 Å². The highest BCUT2D eigenvalue weighted by Gasteiger charge is 2.32. The maximum absolute atomic E-state index is 14.3. The van der Waals surface area contributed by atoms with Gasteiger partial charge < -0.3 is 38.6 Å². The number of nitrogens with one attached hydrogen (secondary N) is 1. The van der Waals surface area contributed by atoms with Crippen molar-refractivity contribution < 1.29 is 57.2 Å². The van der Waals surface area contributed by atoms with E-state index in [1.807, 2.05) is 54.7 Å². The average molecular weight is 1180 g/mol. The van der Waals surface area contributed by atoms with E-state index in [0.717, 1.165) is 77.3 Å². The first-order valence-corrected chi connectivity index (χ1v) is 30.0. The number of hydrogen-bond acceptors (Lipinski definition) is 14. The predicted octanol–water partition coefficient (Wildman–Crippen LogP) is 7.04. The standard InChI is InChI=1S/C15H15ClFN3O3S2.C14H20ClNO2.C11H11Cl2NO2.C3H8NO5P.C3H9S/c1-23-13(21)8-24-12-7-11(10(17)6-9(12)16)18-14-19-4-2-3-5-20(19)15(22)25-14;1-4-11-7-6-8-12(5-2)14(11)16(10-18-3)13(17)9-15;1-7-6-16-9-5-3-2-4-8(9)14(7)11(15)10(12)13;5-3(6)1-4-2-10(7,8)9;1-4(2)3/h6-7H,2-5,8H2,1H3;6-8H,4-5,9-10H2,1-3H3;2-5,7,10H,6H2,1H3;4H,1-2H2,(H,5,6)(H2,7,8,9);1-3H3/q;;;;+1/p-1/b18-14-;;;;. The normalized spacial score (nSPS) is 14.5. The predicted molar refractivity (Wildman–Crippen MR) is 290 cm³/mol. The molecule has 0 spiro atoms. The van der Waals surface area contributed by atoms with Crippen LogP contribution in [0.3, 0.4) is 0 Å². The number of aliphatic carboxylic acids is 1. The van der Waals surface area contributed by atoms with Gasteiger partial charge in [-0.3, -0.25) is 38.9 Å². The van der Waals surface area contributed by atoms with Crippen LogP contribution in [0.1, 0.15) is 44.7 Å². The van der Waals surface area contributed by atoms with Crippen molar-refractivity contribution in [1.29, 1.82) is 0 Å². The first kappa shape index (κ1) is 65.5. The summed E-state index contributed by atoms with van der Waals surface area (Å²) in [6, 6.07) is 16.0. The van der Waals surface area contributed by atoms with Crippen LogP contribution in [0, 0.1) is 5.82 Å². The summed E-state index contributed by atoms with van der Waals surface area (Å²) in [7, 11) is -0.833. The second kappa shape index (κ2) is 33.4. The van der Waals surface area contributed by atoms with Crippen LogP contribution in [0.25, 0.3) is 0 Å². The third-order valence-corrected chi connectivity index (χ3v) is 13.2. The van der Waals surface area contributed by atoms with Gasteiger partial charge in [-0.25, -0.2) is 14.1 Å². The number of fused-ring (bicyclic) bond motifs is 2. The first-order valence-electron chi connectivity index (χ1n) is 22.2. The molecule has 3 N–H and O–H groups in total. The van der Waals surface area contributed by atoms with Gasteiger partial charge in [-0.2, -0.15) is 0 Å². The van der Waals surface area contributed by atoms with E-state index < -0.39 is 43.0 Å². The van der Waals surface area contributed by atoms with Crippen molar-refractivity contribution >= 4 is 129 Å². The quantitative estimate of drug-likeness (QED) is 0.0271. The molecule has 406 valence electrons. The molecule has 3 heterocycles. The van der Waals surface area contributed by atoms with Crippen LogP contribution < -0.4 is 34.4 Å². The number of halogens is 5. The van der Waals surface area contributed by atoms with Crippen LogP contribution in [0.4, 0.5) is 21.5 Å². The minimum Gasteiger partial charge on any atom is -0.778 e. The molecular formula is C46H62Cl4FN6O12PS3. The molecule has 0 radical (unpaired) electrons. The number of rotatable bonds is 15. The number of methoxy groups -OCH3 is 2. The second-order valence-electron chi connectivity index (χ2n) is 15.8. The summed E-state index contributed by atoms with van der Waals surface area (Å²) in [6.45, 7) is 7.57. The molecule has 4 aromatic rings. The molecule has 27 heteroatoms. The number of carboxylic acid groups (broad SMARTS) is 1. The van der Waals surface area contributed by atoms with Crippen LogP contribution in [0.5, 0.6) is 5.75 Å². The number of carboxylic acids is 1. The Bertz CT molecular complexity index is 2600. The highest BCUT2D eigenvalue weighted by atomic mass is 35.5. The van der Waals surface area contributed by atoms with Crippen LogP contribution in [0.15, 0.2) is 69.3 Å². The van der Waals surface area contributed by atoms with Gasteiger partial charge in [0.2, 0.25) is 10.7 Å². The SMILES string of the molecule is CC1COc2ccccc2N1C(=O)C(Cl)Cl.CCc1cccc(CC)c1N(COC)C(=O)CCl.COC(=O)CSc1cc(/N=c2\sc(=O)n3n2CCCC3)c(F)cc1Cl.C[S+](C)C.O=C(O)CNCP(=O)([O-])O. The number of para-hydroxylation sites is 3. The lowest BCUT2D eigenvalue weighted by Crippen LogP contribution is -2.47.